The third kappa shape index (κ3) is 2.86. The minimum atomic E-state index is -3.09. The van der Waals surface area contributed by atoms with Crippen LogP contribution in [0.5, 0.6) is 0 Å². The number of hydrogen-bond donors (Lipinski definition) is 1. The molecule has 2 atom stereocenters. The summed E-state index contributed by atoms with van der Waals surface area (Å²) in [6.45, 7) is 2.91. The van der Waals surface area contributed by atoms with Crippen LogP contribution < -0.4 is 5.73 Å². The molecular formula is C12H18N2O2S. The molecule has 1 aliphatic heterocycles. The summed E-state index contributed by atoms with van der Waals surface area (Å²) >= 11 is 0. The van der Waals surface area contributed by atoms with Crippen LogP contribution in [0.3, 0.4) is 0 Å². The second kappa shape index (κ2) is 4.76. The second-order valence-electron chi connectivity index (χ2n) is 4.72. The Kier molecular flexibility index (Phi) is 3.51. The van der Waals surface area contributed by atoms with Gasteiger partial charge in [0.25, 0.3) is 0 Å². The quantitative estimate of drug-likeness (QED) is 0.874. The molecule has 1 heterocycles. The van der Waals surface area contributed by atoms with Crippen LogP contribution in [0.15, 0.2) is 30.3 Å². The maximum absolute atomic E-state index is 11.8. The standard InChI is InChI=1S/C12H18N2O2S/c1-10-7-14(17(15,16)9-10)8-12(13)11-5-3-2-4-6-11/h2-6,10,12H,7-9,13H2,1H3. The number of rotatable bonds is 3. The van der Waals surface area contributed by atoms with Crippen molar-refractivity contribution < 1.29 is 8.42 Å². The molecule has 0 bridgehead atoms. The Labute approximate surface area is 102 Å². The van der Waals surface area contributed by atoms with Gasteiger partial charge < -0.3 is 5.73 Å². The first kappa shape index (κ1) is 12.5. The lowest BCUT2D eigenvalue weighted by molar-refractivity contribution is 0.388. The topological polar surface area (TPSA) is 63.4 Å². The number of hydrogen-bond acceptors (Lipinski definition) is 3. The lowest BCUT2D eigenvalue weighted by Gasteiger charge is -2.19. The highest BCUT2D eigenvalue weighted by atomic mass is 32.2. The van der Waals surface area contributed by atoms with Crippen LogP contribution in [0, 0.1) is 5.92 Å². The summed E-state index contributed by atoms with van der Waals surface area (Å²) in [7, 11) is -3.09. The van der Waals surface area contributed by atoms with Crippen LogP contribution in [0.25, 0.3) is 0 Å². The maximum Gasteiger partial charge on any atom is 0.214 e. The molecule has 1 saturated heterocycles. The number of nitrogens with zero attached hydrogens (tertiary/aromatic N) is 1. The first-order valence-electron chi connectivity index (χ1n) is 5.77. The molecule has 2 N–H and O–H groups in total. The van der Waals surface area contributed by atoms with Crippen molar-refractivity contribution in [3.05, 3.63) is 35.9 Å². The summed E-state index contributed by atoms with van der Waals surface area (Å²) in [5, 5.41) is 0. The second-order valence-corrected chi connectivity index (χ2v) is 6.73. The van der Waals surface area contributed by atoms with E-state index in [-0.39, 0.29) is 17.7 Å². The molecule has 0 aliphatic carbocycles. The van der Waals surface area contributed by atoms with E-state index >= 15 is 0 Å². The van der Waals surface area contributed by atoms with Crippen LogP contribution in [0.4, 0.5) is 0 Å². The summed E-state index contributed by atoms with van der Waals surface area (Å²) in [5.74, 6) is 0.442. The fourth-order valence-electron chi connectivity index (χ4n) is 2.19. The zero-order valence-electron chi connectivity index (χ0n) is 9.91. The average Bonchev–Trinajstić information content (AvgIpc) is 2.53. The summed E-state index contributed by atoms with van der Waals surface area (Å²) in [6, 6.07) is 9.35. The molecule has 5 heteroatoms. The van der Waals surface area contributed by atoms with Gasteiger partial charge in [-0.25, -0.2) is 8.42 Å². The molecule has 1 aromatic rings. The Bertz CT molecular complexity index is 473. The van der Waals surface area contributed by atoms with Gasteiger partial charge in [0.1, 0.15) is 0 Å². The van der Waals surface area contributed by atoms with Gasteiger partial charge in [-0.15, -0.1) is 0 Å². The van der Waals surface area contributed by atoms with Gasteiger partial charge in [0, 0.05) is 19.1 Å². The van der Waals surface area contributed by atoms with Gasteiger partial charge in [0.15, 0.2) is 0 Å². The number of benzene rings is 1. The predicted octanol–water partition coefficient (Wildman–Crippen LogP) is 0.968. The van der Waals surface area contributed by atoms with Crippen molar-refractivity contribution in [1.82, 2.24) is 4.31 Å². The van der Waals surface area contributed by atoms with Crippen molar-refractivity contribution >= 4 is 10.0 Å². The first-order chi connectivity index (χ1) is 7.99. The Morgan fingerprint density at radius 1 is 1.41 bits per heavy atom. The molecule has 2 unspecified atom stereocenters. The fraction of sp³-hybridized carbons (Fsp3) is 0.500. The minimum Gasteiger partial charge on any atom is -0.323 e. The summed E-state index contributed by atoms with van der Waals surface area (Å²) in [4.78, 5) is 0. The van der Waals surface area contributed by atoms with E-state index in [2.05, 4.69) is 0 Å². The molecule has 0 aromatic heterocycles. The predicted molar refractivity (Wildman–Crippen MR) is 67.9 cm³/mol. The van der Waals surface area contributed by atoms with Gasteiger partial charge in [0.05, 0.1) is 5.75 Å². The minimum absolute atomic E-state index is 0.197. The van der Waals surface area contributed by atoms with E-state index in [0.717, 1.165) is 5.56 Å². The van der Waals surface area contributed by atoms with Crippen molar-refractivity contribution in [2.45, 2.75) is 13.0 Å². The zero-order chi connectivity index (χ0) is 12.5. The fourth-order valence-corrected chi connectivity index (χ4v) is 4.10. The lowest BCUT2D eigenvalue weighted by atomic mass is 10.1. The van der Waals surface area contributed by atoms with Crippen molar-refractivity contribution in [1.29, 1.82) is 0 Å². The van der Waals surface area contributed by atoms with Crippen LogP contribution in [-0.2, 0) is 10.0 Å². The lowest BCUT2D eigenvalue weighted by Crippen LogP contribution is -2.33. The summed E-state index contributed by atoms with van der Waals surface area (Å²) < 4.78 is 25.1. The number of nitrogens with two attached hydrogens (primary N) is 1. The van der Waals surface area contributed by atoms with E-state index in [1.54, 1.807) is 0 Å². The van der Waals surface area contributed by atoms with Gasteiger partial charge in [-0.1, -0.05) is 37.3 Å². The number of sulfonamides is 1. The molecule has 0 saturated carbocycles. The first-order valence-corrected chi connectivity index (χ1v) is 7.38. The van der Waals surface area contributed by atoms with Crippen molar-refractivity contribution in [2.24, 2.45) is 11.7 Å². The molecule has 4 nitrogen and oxygen atoms in total. The Morgan fingerprint density at radius 3 is 2.59 bits per heavy atom. The normalized spacial score (nSPS) is 25.9. The Balaban J connectivity index is 2.07. The highest BCUT2D eigenvalue weighted by Crippen LogP contribution is 2.22. The van der Waals surface area contributed by atoms with Crippen LogP contribution >= 0.6 is 0 Å². The summed E-state index contributed by atoms with van der Waals surface area (Å²) in [6.07, 6.45) is 0. The van der Waals surface area contributed by atoms with Crippen molar-refractivity contribution in [3.8, 4) is 0 Å². The molecule has 1 aromatic carbocycles. The van der Waals surface area contributed by atoms with Gasteiger partial charge >= 0.3 is 0 Å². The van der Waals surface area contributed by atoms with Crippen LogP contribution in [0.1, 0.15) is 18.5 Å². The van der Waals surface area contributed by atoms with Crippen molar-refractivity contribution in [3.63, 3.8) is 0 Å². The molecule has 2 rings (SSSR count). The van der Waals surface area contributed by atoms with Crippen LogP contribution in [0.2, 0.25) is 0 Å². The van der Waals surface area contributed by atoms with Gasteiger partial charge in [-0.2, -0.15) is 4.31 Å². The molecule has 1 aliphatic rings. The smallest absolute Gasteiger partial charge is 0.214 e. The largest absolute Gasteiger partial charge is 0.323 e. The average molecular weight is 254 g/mol. The van der Waals surface area contributed by atoms with E-state index in [1.807, 2.05) is 37.3 Å². The molecule has 1 fully saturated rings. The Morgan fingerprint density at radius 2 is 2.06 bits per heavy atom. The monoisotopic (exact) mass is 254 g/mol. The van der Waals surface area contributed by atoms with E-state index in [4.69, 9.17) is 5.73 Å². The van der Waals surface area contributed by atoms with E-state index in [9.17, 15) is 8.42 Å². The SMILES string of the molecule is CC1CN(CC(N)c2ccccc2)S(=O)(=O)C1. The van der Waals surface area contributed by atoms with E-state index in [0.29, 0.717) is 13.1 Å². The molecule has 0 spiro atoms. The van der Waals surface area contributed by atoms with Crippen LogP contribution in [-0.4, -0.2) is 31.6 Å². The molecule has 17 heavy (non-hydrogen) atoms. The Hall–Kier alpha value is -0.910. The highest BCUT2D eigenvalue weighted by Gasteiger charge is 2.34. The molecular weight excluding hydrogens is 236 g/mol. The zero-order valence-corrected chi connectivity index (χ0v) is 10.7. The third-order valence-corrected chi connectivity index (χ3v) is 5.11. The van der Waals surface area contributed by atoms with Gasteiger partial charge in [0.2, 0.25) is 10.0 Å². The van der Waals surface area contributed by atoms with Gasteiger partial charge in [-0.3, -0.25) is 0 Å². The molecule has 94 valence electrons. The van der Waals surface area contributed by atoms with E-state index in [1.165, 1.54) is 4.31 Å². The third-order valence-electron chi connectivity index (χ3n) is 3.03. The molecule has 0 amide bonds. The maximum atomic E-state index is 11.8. The van der Waals surface area contributed by atoms with Gasteiger partial charge in [-0.05, 0) is 11.5 Å². The summed E-state index contributed by atoms with van der Waals surface area (Å²) in [5.41, 5.74) is 7.01. The molecule has 0 radical (unpaired) electrons. The highest BCUT2D eigenvalue weighted by molar-refractivity contribution is 7.89. The van der Waals surface area contributed by atoms with E-state index < -0.39 is 10.0 Å². The van der Waals surface area contributed by atoms with Crippen molar-refractivity contribution in [2.75, 3.05) is 18.8 Å².